The standard InChI is InChI=1S/C24H23FN4O3/c1-15-6-5-7-19(12-15)27(4)21(30)14-28-20-13-16(2)26(3)22(20)23(31)29(24(28)32)18-10-8-17(25)9-11-18/h5-13H,14H2,1-4H3. The van der Waals surface area contributed by atoms with Crippen LogP contribution in [0.1, 0.15) is 11.3 Å². The van der Waals surface area contributed by atoms with Crippen molar-refractivity contribution in [1.29, 1.82) is 0 Å². The van der Waals surface area contributed by atoms with E-state index in [1.165, 1.54) is 33.7 Å². The van der Waals surface area contributed by atoms with Crippen LogP contribution in [0.3, 0.4) is 0 Å². The third-order valence-electron chi connectivity index (χ3n) is 5.71. The van der Waals surface area contributed by atoms with Crippen molar-refractivity contribution in [3.05, 3.63) is 92.5 Å². The van der Waals surface area contributed by atoms with Crippen LogP contribution in [0.25, 0.3) is 16.7 Å². The van der Waals surface area contributed by atoms with Crippen molar-refractivity contribution in [2.75, 3.05) is 11.9 Å². The summed E-state index contributed by atoms with van der Waals surface area (Å²) in [4.78, 5) is 41.2. The van der Waals surface area contributed by atoms with Crippen molar-refractivity contribution in [2.45, 2.75) is 20.4 Å². The number of aryl methyl sites for hydroxylation is 3. The van der Waals surface area contributed by atoms with E-state index >= 15 is 0 Å². The van der Waals surface area contributed by atoms with E-state index in [4.69, 9.17) is 0 Å². The zero-order valence-electron chi connectivity index (χ0n) is 18.3. The van der Waals surface area contributed by atoms with Crippen LogP contribution in [0.15, 0.2) is 64.2 Å². The molecule has 0 bridgehead atoms. The molecule has 2 aromatic carbocycles. The van der Waals surface area contributed by atoms with Gasteiger partial charge in [0.25, 0.3) is 5.56 Å². The Hall–Kier alpha value is -3.94. The molecule has 0 aliphatic heterocycles. The Bertz CT molecular complexity index is 1460. The monoisotopic (exact) mass is 434 g/mol. The Balaban J connectivity index is 1.90. The van der Waals surface area contributed by atoms with Crippen molar-refractivity contribution in [3.8, 4) is 5.69 Å². The molecule has 7 nitrogen and oxygen atoms in total. The van der Waals surface area contributed by atoms with E-state index in [1.54, 1.807) is 24.7 Å². The summed E-state index contributed by atoms with van der Waals surface area (Å²) in [6.07, 6.45) is 0. The maximum Gasteiger partial charge on any atom is 0.336 e. The van der Waals surface area contributed by atoms with Crippen LogP contribution in [0.4, 0.5) is 10.1 Å². The molecule has 32 heavy (non-hydrogen) atoms. The lowest BCUT2D eigenvalue weighted by Gasteiger charge is -2.19. The number of anilines is 1. The molecular formula is C24H23FN4O3. The van der Waals surface area contributed by atoms with Gasteiger partial charge < -0.3 is 9.47 Å². The molecule has 2 heterocycles. The summed E-state index contributed by atoms with van der Waals surface area (Å²) < 4.78 is 17.4. The number of rotatable bonds is 4. The molecule has 0 fully saturated rings. The summed E-state index contributed by atoms with van der Waals surface area (Å²) in [5.74, 6) is -0.794. The summed E-state index contributed by atoms with van der Waals surface area (Å²) in [5.41, 5.74) is 2.19. The molecule has 0 aliphatic rings. The summed E-state index contributed by atoms with van der Waals surface area (Å²) in [6.45, 7) is 3.49. The summed E-state index contributed by atoms with van der Waals surface area (Å²) in [7, 11) is 3.37. The summed E-state index contributed by atoms with van der Waals surface area (Å²) >= 11 is 0. The average Bonchev–Trinajstić information content (AvgIpc) is 3.06. The van der Waals surface area contributed by atoms with Crippen LogP contribution in [0, 0.1) is 19.7 Å². The molecular weight excluding hydrogens is 411 g/mol. The van der Waals surface area contributed by atoms with Gasteiger partial charge in [-0.05, 0) is 61.9 Å². The normalized spacial score (nSPS) is 11.2. The first-order valence-corrected chi connectivity index (χ1v) is 10.1. The van der Waals surface area contributed by atoms with E-state index in [-0.39, 0.29) is 23.7 Å². The van der Waals surface area contributed by atoms with E-state index in [2.05, 4.69) is 0 Å². The number of amides is 1. The summed E-state index contributed by atoms with van der Waals surface area (Å²) in [6, 6.07) is 14.3. The fraction of sp³-hybridized carbons (Fsp3) is 0.208. The van der Waals surface area contributed by atoms with Gasteiger partial charge in [-0.1, -0.05) is 12.1 Å². The minimum Gasteiger partial charge on any atom is -0.342 e. The van der Waals surface area contributed by atoms with Gasteiger partial charge in [0.2, 0.25) is 5.91 Å². The minimum absolute atomic E-state index is 0.232. The molecule has 2 aromatic heterocycles. The smallest absolute Gasteiger partial charge is 0.336 e. The highest BCUT2D eigenvalue weighted by molar-refractivity contribution is 5.93. The maximum absolute atomic E-state index is 13.4. The summed E-state index contributed by atoms with van der Waals surface area (Å²) in [5, 5.41) is 0. The predicted molar refractivity (Wildman–Crippen MR) is 122 cm³/mol. The highest BCUT2D eigenvalue weighted by Crippen LogP contribution is 2.18. The van der Waals surface area contributed by atoms with Gasteiger partial charge in [0.15, 0.2) is 0 Å². The number of benzene rings is 2. The number of halogens is 1. The van der Waals surface area contributed by atoms with E-state index < -0.39 is 17.1 Å². The fourth-order valence-electron chi connectivity index (χ4n) is 3.78. The second-order valence-electron chi connectivity index (χ2n) is 7.86. The quantitative estimate of drug-likeness (QED) is 0.496. The van der Waals surface area contributed by atoms with E-state index in [0.29, 0.717) is 11.2 Å². The highest BCUT2D eigenvalue weighted by atomic mass is 19.1. The predicted octanol–water partition coefficient (Wildman–Crippen LogP) is 2.91. The number of carbonyl (C=O) groups excluding carboxylic acids is 1. The van der Waals surface area contributed by atoms with Crippen LogP contribution >= 0.6 is 0 Å². The van der Waals surface area contributed by atoms with E-state index in [0.717, 1.165) is 15.8 Å². The molecule has 0 radical (unpaired) electrons. The Kier molecular flexibility index (Phi) is 5.30. The second kappa shape index (κ2) is 7.96. The zero-order chi connectivity index (χ0) is 23.2. The molecule has 8 heteroatoms. The molecule has 0 unspecified atom stereocenters. The molecule has 164 valence electrons. The number of nitrogens with zero attached hydrogens (tertiary/aromatic N) is 4. The second-order valence-corrected chi connectivity index (χ2v) is 7.86. The molecule has 0 aliphatic carbocycles. The lowest BCUT2D eigenvalue weighted by Crippen LogP contribution is -2.42. The zero-order valence-corrected chi connectivity index (χ0v) is 18.3. The molecule has 4 aromatic rings. The van der Waals surface area contributed by atoms with E-state index in [9.17, 15) is 18.8 Å². The number of likely N-dealkylation sites (N-methyl/N-ethyl adjacent to an activating group) is 1. The van der Waals surface area contributed by atoms with Gasteiger partial charge in [0.1, 0.15) is 17.9 Å². The molecule has 4 rings (SSSR count). The Morgan fingerprint density at radius 2 is 1.72 bits per heavy atom. The molecule has 1 amide bonds. The third kappa shape index (κ3) is 3.53. The minimum atomic E-state index is -0.661. The fourth-order valence-corrected chi connectivity index (χ4v) is 3.78. The van der Waals surface area contributed by atoms with Gasteiger partial charge in [-0.2, -0.15) is 0 Å². The van der Waals surface area contributed by atoms with Gasteiger partial charge in [-0.15, -0.1) is 0 Å². The SMILES string of the molecule is Cc1cccc(N(C)C(=O)Cn2c(=O)n(-c3ccc(F)cc3)c(=O)c3c2cc(C)n3C)c1. The van der Waals surface area contributed by atoms with E-state index in [1.807, 2.05) is 38.1 Å². The Labute approximate surface area is 183 Å². The first-order valence-electron chi connectivity index (χ1n) is 10.1. The molecule has 0 atom stereocenters. The van der Waals surface area contributed by atoms with Gasteiger partial charge in [-0.25, -0.2) is 13.8 Å². The van der Waals surface area contributed by atoms with Crippen molar-refractivity contribution < 1.29 is 9.18 Å². The largest absolute Gasteiger partial charge is 0.342 e. The Morgan fingerprint density at radius 3 is 2.38 bits per heavy atom. The average molecular weight is 434 g/mol. The van der Waals surface area contributed by atoms with Crippen molar-refractivity contribution in [1.82, 2.24) is 13.7 Å². The van der Waals surface area contributed by atoms with Crippen LogP contribution in [-0.2, 0) is 18.4 Å². The topological polar surface area (TPSA) is 69.2 Å². The van der Waals surface area contributed by atoms with Gasteiger partial charge in [0.05, 0.1) is 11.2 Å². The van der Waals surface area contributed by atoms with Crippen molar-refractivity contribution in [3.63, 3.8) is 0 Å². The lowest BCUT2D eigenvalue weighted by atomic mass is 10.2. The number of aromatic nitrogens is 3. The van der Waals surface area contributed by atoms with Crippen LogP contribution < -0.4 is 16.1 Å². The molecule has 0 N–H and O–H groups in total. The van der Waals surface area contributed by atoms with Crippen molar-refractivity contribution in [2.24, 2.45) is 7.05 Å². The maximum atomic E-state index is 13.4. The van der Waals surface area contributed by atoms with Crippen LogP contribution in [-0.4, -0.2) is 26.7 Å². The highest BCUT2D eigenvalue weighted by Gasteiger charge is 2.21. The molecule has 0 spiro atoms. The van der Waals surface area contributed by atoms with Gasteiger partial charge in [0, 0.05) is 25.5 Å². The number of carbonyl (C=O) groups is 1. The van der Waals surface area contributed by atoms with Gasteiger partial charge >= 0.3 is 5.69 Å². The van der Waals surface area contributed by atoms with Crippen molar-refractivity contribution >= 4 is 22.6 Å². The van der Waals surface area contributed by atoms with Gasteiger partial charge in [-0.3, -0.25) is 14.2 Å². The number of fused-ring (bicyclic) bond motifs is 1. The Morgan fingerprint density at radius 1 is 1.03 bits per heavy atom. The first kappa shape index (κ1) is 21.3. The third-order valence-corrected chi connectivity index (χ3v) is 5.71. The first-order chi connectivity index (χ1) is 15.2. The molecule has 0 saturated carbocycles. The lowest BCUT2D eigenvalue weighted by molar-refractivity contribution is -0.118. The number of hydrogen-bond acceptors (Lipinski definition) is 3. The van der Waals surface area contributed by atoms with Crippen LogP contribution in [0.5, 0.6) is 0 Å². The number of hydrogen-bond donors (Lipinski definition) is 0. The molecule has 0 saturated heterocycles. The van der Waals surface area contributed by atoms with Crippen LogP contribution in [0.2, 0.25) is 0 Å².